The maximum absolute atomic E-state index is 9.75. The molecular weight excluding hydrogens is 154 g/mol. The van der Waals surface area contributed by atoms with Crippen LogP contribution < -0.4 is 4.76 Å². The molecule has 1 unspecified atom stereocenters. The average molecular weight is 162 g/mol. The zero-order valence-corrected chi connectivity index (χ0v) is 6.33. The Balaban J connectivity index is 2.43. The maximum Gasteiger partial charge on any atom is 0.258 e. The quantitative estimate of drug-likeness (QED) is 0.623. The first-order valence-corrected chi connectivity index (χ1v) is 3.57. The number of para-hydroxylation sites is 1. The molecule has 0 aromatic heterocycles. The Morgan fingerprint density at radius 2 is 1.92 bits per heavy atom. The molecule has 1 aliphatic rings. The van der Waals surface area contributed by atoms with E-state index in [1.165, 1.54) is 12.7 Å². The normalized spacial score (nSPS) is 26.4. The standard InChI is InChI=1S/C8H8N3O/c12-11(7-9-6-10-11)8-4-2-1-3-5-8/h1-7,12H/q+1. The highest BCUT2D eigenvalue weighted by Crippen LogP contribution is 2.19. The van der Waals surface area contributed by atoms with E-state index >= 15 is 0 Å². The van der Waals surface area contributed by atoms with Gasteiger partial charge in [-0.3, -0.25) is 0 Å². The molecule has 0 spiro atoms. The molecular formula is C8H8N3O+. The summed E-state index contributed by atoms with van der Waals surface area (Å²) in [6.07, 6.45) is 2.68. The van der Waals surface area contributed by atoms with E-state index in [1.807, 2.05) is 18.2 Å². The largest absolute Gasteiger partial charge is 0.258 e. The van der Waals surface area contributed by atoms with Crippen LogP contribution in [0.1, 0.15) is 0 Å². The van der Waals surface area contributed by atoms with Gasteiger partial charge in [0.05, 0.1) is 0 Å². The summed E-state index contributed by atoms with van der Waals surface area (Å²) >= 11 is 0. The summed E-state index contributed by atoms with van der Waals surface area (Å²) in [4.78, 5) is 3.72. The van der Waals surface area contributed by atoms with Crippen molar-refractivity contribution in [1.29, 1.82) is 0 Å². The first kappa shape index (κ1) is 7.15. The lowest BCUT2D eigenvalue weighted by atomic mass is 10.3. The number of aliphatic imine (C=N–C) groups is 1. The predicted octanol–water partition coefficient (Wildman–Crippen LogP) is 1.37. The fourth-order valence-corrected chi connectivity index (χ4v) is 1.04. The minimum atomic E-state index is -0.583. The van der Waals surface area contributed by atoms with Crippen molar-refractivity contribution < 1.29 is 5.21 Å². The van der Waals surface area contributed by atoms with Gasteiger partial charge in [-0.2, -0.15) is 10.2 Å². The molecule has 1 atom stereocenters. The highest BCUT2D eigenvalue weighted by Gasteiger charge is 2.29. The van der Waals surface area contributed by atoms with E-state index in [1.54, 1.807) is 12.1 Å². The van der Waals surface area contributed by atoms with Crippen molar-refractivity contribution in [2.45, 2.75) is 0 Å². The first-order valence-electron chi connectivity index (χ1n) is 3.57. The summed E-state index contributed by atoms with van der Waals surface area (Å²) in [5, 5.41) is 13.5. The van der Waals surface area contributed by atoms with E-state index in [9.17, 15) is 5.21 Å². The Hall–Kier alpha value is -1.52. The molecule has 2 rings (SSSR count). The molecule has 0 fully saturated rings. The molecule has 0 radical (unpaired) electrons. The molecule has 0 bridgehead atoms. The van der Waals surface area contributed by atoms with E-state index < -0.39 is 4.76 Å². The monoisotopic (exact) mass is 162 g/mol. The molecule has 0 aliphatic carbocycles. The van der Waals surface area contributed by atoms with Crippen LogP contribution >= 0.6 is 0 Å². The summed E-state index contributed by atoms with van der Waals surface area (Å²) in [5.74, 6) is 0. The van der Waals surface area contributed by atoms with E-state index in [0.717, 1.165) is 0 Å². The topological polar surface area (TPSA) is 45.0 Å². The minimum absolute atomic E-state index is 0.583. The molecule has 0 amide bonds. The van der Waals surface area contributed by atoms with Crippen LogP contribution in [-0.2, 0) is 0 Å². The second-order valence-corrected chi connectivity index (χ2v) is 2.48. The average Bonchev–Trinajstić information content (AvgIpc) is 2.55. The van der Waals surface area contributed by atoms with Gasteiger partial charge in [0.15, 0.2) is 12.0 Å². The van der Waals surface area contributed by atoms with Crippen LogP contribution in [0, 0.1) is 0 Å². The van der Waals surface area contributed by atoms with Crippen molar-refractivity contribution in [2.75, 3.05) is 0 Å². The summed E-state index contributed by atoms with van der Waals surface area (Å²) in [7, 11) is 0. The van der Waals surface area contributed by atoms with E-state index in [0.29, 0.717) is 5.69 Å². The van der Waals surface area contributed by atoms with Gasteiger partial charge < -0.3 is 0 Å². The number of rotatable bonds is 1. The number of hydrogen-bond donors (Lipinski definition) is 1. The van der Waals surface area contributed by atoms with Crippen molar-refractivity contribution in [1.82, 2.24) is 4.76 Å². The molecule has 12 heavy (non-hydrogen) atoms. The highest BCUT2D eigenvalue weighted by atomic mass is 16.6. The lowest BCUT2D eigenvalue weighted by Gasteiger charge is -2.12. The third-order valence-electron chi connectivity index (χ3n) is 1.66. The third kappa shape index (κ3) is 1.03. The van der Waals surface area contributed by atoms with Gasteiger partial charge in [0.2, 0.25) is 0 Å². The Morgan fingerprint density at radius 1 is 1.17 bits per heavy atom. The summed E-state index contributed by atoms with van der Waals surface area (Å²) in [5.41, 5.74) is 0.676. The van der Waals surface area contributed by atoms with Crippen molar-refractivity contribution in [3.63, 3.8) is 0 Å². The molecule has 0 saturated heterocycles. The second-order valence-electron chi connectivity index (χ2n) is 2.48. The first-order chi connectivity index (χ1) is 5.81. The van der Waals surface area contributed by atoms with Crippen molar-refractivity contribution in [3.8, 4) is 0 Å². The Labute approximate surface area is 69.6 Å². The van der Waals surface area contributed by atoms with Gasteiger partial charge in [0, 0.05) is 16.9 Å². The van der Waals surface area contributed by atoms with E-state index in [-0.39, 0.29) is 0 Å². The number of nitrogens with zero attached hydrogens (tertiary/aromatic N) is 3. The number of hydrogen-bond acceptors (Lipinski definition) is 3. The molecule has 1 heterocycles. The van der Waals surface area contributed by atoms with Gasteiger partial charge in [-0.1, -0.05) is 18.2 Å². The van der Waals surface area contributed by atoms with E-state index in [2.05, 4.69) is 10.1 Å². The van der Waals surface area contributed by atoms with E-state index in [4.69, 9.17) is 0 Å². The van der Waals surface area contributed by atoms with Crippen LogP contribution in [0.15, 0.2) is 40.4 Å². The molecule has 0 saturated carbocycles. The molecule has 60 valence electrons. The Morgan fingerprint density at radius 3 is 2.50 bits per heavy atom. The van der Waals surface area contributed by atoms with Gasteiger partial charge >= 0.3 is 0 Å². The second kappa shape index (κ2) is 2.51. The number of quaternary nitrogens is 1. The predicted molar refractivity (Wildman–Crippen MR) is 47.0 cm³/mol. The van der Waals surface area contributed by atoms with Crippen LogP contribution in [0.4, 0.5) is 5.69 Å². The molecule has 1 aliphatic heterocycles. The maximum atomic E-state index is 9.75. The van der Waals surface area contributed by atoms with Crippen LogP contribution in [0.3, 0.4) is 0 Å². The molecule has 4 nitrogen and oxygen atoms in total. The Kier molecular flexibility index (Phi) is 1.49. The molecule has 1 aromatic rings. The summed E-state index contributed by atoms with van der Waals surface area (Å²) in [6, 6.07) is 9.14. The zero-order chi connectivity index (χ0) is 8.44. The highest BCUT2D eigenvalue weighted by molar-refractivity contribution is 5.83. The fraction of sp³-hybridized carbons (Fsp3) is 0. The van der Waals surface area contributed by atoms with Gasteiger partial charge in [-0.15, -0.1) is 0 Å². The Bertz CT molecular complexity index is 319. The van der Waals surface area contributed by atoms with Gasteiger partial charge in [-0.05, 0) is 5.10 Å². The van der Waals surface area contributed by atoms with Gasteiger partial charge in [0.25, 0.3) is 6.34 Å². The molecule has 1 aromatic carbocycles. The van der Waals surface area contributed by atoms with Crippen molar-refractivity contribution >= 4 is 18.4 Å². The third-order valence-corrected chi connectivity index (χ3v) is 1.66. The van der Waals surface area contributed by atoms with Crippen LogP contribution in [0.25, 0.3) is 0 Å². The number of hydroxylamine groups is 1. The lowest BCUT2D eigenvalue weighted by molar-refractivity contribution is 0.00555. The van der Waals surface area contributed by atoms with Crippen LogP contribution in [0.5, 0.6) is 0 Å². The number of benzene rings is 1. The van der Waals surface area contributed by atoms with Gasteiger partial charge in [0.1, 0.15) is 0 Å². The molecule has 4 heteroatoms. The summed E-state index contributed by atoms with van der Waals surface area (Å²) in [6.45, 7) is 0. The van der Waals surface area contributed by atoms with Crippen LogP contribution in [-0.4, -0.2) is 17.9 Å². The van der Waals surface area contributed by atoms with Crippen molar-refractivity contribution in [2.24, 2.45) is 10.1 Å². The summed E-state index contributed by atoms with van der Waals surface area (Å²) < 4.78 is -0.583. The SMILES string of the molecule is O[N+]1(c2ccccc2)C=NC=N1. The van der Waals surface area contributed by atoms with Crippen molar-refractivity contribution in [3.05, 3.63) is 30.3 Å². The zero-order valence-electron chi connectivity index (χ0n) is 6.33. The molecule has 1 N–H and O–H groups in total. The fourth-order valence-electron chi connectivity index (χ4n) is 1.04. The minimum Gasteiger partial charge on any atom is -0.180 e. The smallest absolute Gasteiger partial charge is 0.180 e. The lowest BCUT2D eigenvalue weighted by Crippen LogP contribution is -2.35. The van der Waals surface area contributed by atoms with Gasteiger partial charge in [-0.25, -0.2) is 0 Å². The van der Waals surface area contributed by atoms with Crippen LogP contribution in [0.2, 0.25) is 0 Å².